The summed E-state index contributed by atoms with van der Waals surface area (Å²) in [7, 11) is 0. The van der Waals surface area contributed by atoms with Crippen LogP contribution >= 0.6 is 0 Å². The predicted octanol–water partition coefficient (Wildman–Crippen LogP) is 3.44. The van der Waals surface area contributed by atoms with Gasteiger partial charge in [-0.1, -0.05) is 0 Å². The fraction of sp³-hybridized carbons (Fsp3) is 0.875. The Morgan fingerprint density at radius 2 is 1.95 bits per heavy atom. The van der Waals surface area contributed by atoms with Crippen LogP contribution in [0.1, 0.15) is 65.7 Å². The average molecular weight is 281 g/mol. The number of ether oxygens (including phenoxy) is 1. The second-order valence-electron chi connectivity index (χ2n) is 7.54. The van der Waals surface area contributed by atoms with Crippen molar-refractivity contribution >= 4 is 11.9 Å². The Morgan fingerprint density at radius 1 is 1.30 bits per heavy atom. The summed E-state index contributed by atoms with van der Waals surface area (Å²) in [5.41, 5.74) is -0.135. The quantitative estimate of drug-likeness (QED) is 0.843. The highest BCUT2D eigenvalue weighted by Gasteiger charge is 2.40. The number of hydrogen-bond acceptors (Lipinski definition) is 3. The van der Waals surface area contributed by atoms with Gasteiger partial charge < -0.3 is 10.1 Å². The van der Waals surface area contributed by atoms with Gasteiger partial charge in [-0.25, -0.2) is 4.79 Å². The van der Waals surface area contributed by atoms with Crippen molar-refractivity contribution in [3.05, 3.63) is 0 Å². The molecule has 1 amide bonds. The zero-order valence-corrected chi connectivity index (χ0v) is 13.0. The van der Waals surface area contributed by atoms with Gasteiger partial charge in [0.15, 0.2) is 0 Å². The molecule has 0 radical (unpaired) electrons. The van der Waals surface area contributed by atoms with Gasteiger partial charge in [-0.3, -0.25) is 4.79 Å². The van der Waals surface area contributed by atoms with Crippen LogP contribution in [0.4, 0.5) is 4.79 Å². The second kappa shape index (κ2) is 5.74. The first-order valence-electron chi connectivity index (χ1n) is 7.77. The maximum absolute atomic E-state index is 11.6. The van der Waals surface area contributed by atoms with E-state index in [1.165, 1.54) is 0 Å². The number of nitrogens with one attached hydrogen (secondary N) is 1. The summed E-state index contributed by atoms with van der Waals surface area (Å²) in [6.45, 7) is 6.30. The molecule has 0 aromatic carbocycles. The fourth-order valence-electron chi connectivity index (χ4n) is 3.46. The second-order valence-corrected chi connectivity index (χ2v) is 7.54. The average Bonchev–Trinajstić information content (AvgIpc) is 2.68. The molecule has 0 aromatic heterocycles. The van der Waals surface area contributed by atoms with E-state index in [-0.39, 0.29) is 6.09 Å². The Bertz CT molecular complexity index is 376. The predicted molar refractivity (Wildman–Crippen MR) is 77.5 cm³/mol. The normalized spacial score (nSPS) is 30.6. The fourth-order valence-corrected chi connectivity index (χ4v) is 3.46. The van der Waals surface area contributed by atoms with E-state index in [1.54, 1.807) is 0 Å². The van der Waals surface area contributed by atoms with Gasteiger partial charge in [0.2, 0.25) is 0 Å². The van der Waals surface area contributed by atoms with Crippen molar-refractivity contribution in [2.45, 2.75) is 71.3 Å². The number of carbonyl (C=O) groups excluding carboxylic acids is 2. The number of alkyl carbamates (subject to hydrolysis) is 1. The number of hydrogen-bond donors (Lipinski definition) is 1. The third-order valence-electron chi connectivity index (χ3n) is 4.61. The number of carbonyl (C=O) groups is 2. The molecule has 20 heavy (non-hydrogen) atoms. The lowest BCUT2D eigenvalue weighted by atomic mass is 9.69. The highest BCUT2D eigenvalue weighted by atomic mass is 16.6. The minimum Gasteiger partial charge on any atom is -0.444 e. The Labute approximate surface area is 121 Å². The monoisotopic (exact) mass is 281 g/mol. The molecule has 0 aliphatic heterocycles. The van der Waals surface area contributed by atoms with Crippen LogP contribution < -0.4 is 5.32 Å². The molecule has 2 fully saturated rings. The van der Waals surface area contributed by atoms with Crippen LogP contribution in [0.25, 0.3) is 0 Å². The third-order valence-corrected chi connectivity index (χ3v) is 4.61. The number of Topliss-reactive ketones (excluding diaryl/α,β-unsaturated/α-hetero) is 1. The Balaban J connectivity index is 1.70. The topological polar surface area (TPSA) is 55.4 Å². The summed E-state index contributed by atoms with van der Waals surface area (Å²) < 4.78 is 5.24. The van der Waals surface area contributed by atoms with E-state index in [0.717, 1.165) is 44.9 Å². The summed E-state index contributed by atoms with van der Waals surface area (Å²) in [5, 5.41) is 2.87. The first-order valence-corrected chi connectivity index (χ1v) is 7.77. The number of rotatable bonds is 2. The lowest BCUT2D eigenvalue weighted by Gasteiger charge is -2.36. The molecule has 0 aromatic rings. The van der Waals surface area contributed by atoms with Crippen molar-refractivity contribution in [1.82, 2.24) is 5.32 Å². The van der Waals surface area contributed by atoms with Crippen LogP contribution in [-0.2, 0) is 9.53 Å². The van der Waals surface area contributed by atoms with E-state index in [1.807, 2.05) is 20.8 Å². The first kappa shape index (κ1) is 15.3. The third kappa shape index (κ3) is 4.22. The minimum atomic E-state index is -0.440. The van der Waals surface area contributed by atoms with Crippen LogP contribution in [0.3, 0.4) is 0 Å². The van der Waals surface area contributed by atoms with E-state index < -0.39 is 5.60 Å². The molecule has 114 valence electrons. The van der Waals surface area contributed by atoms with Crippen LogP contribution in [0.15, 0.2) is 0 Å². The van der Waals surface area contributed by atoms with Crippen molar-refractivity contribution in [2.75, 3.05) is 6.54 Å². The maximum Gasteiger partial charge on any atom is 0.407 e. The van der Waals surface area contributed by atoms with E-state index in [9.17, 15) is 9.59 Å². The molecule has 2 rings (SSSR count). The molecule has 0 saturated heterocycles. The molecular formula is C16H27NO3. The summed E-state index contributed by atoms with van der Waals surface area (Å²) in [6, 6.07) is 0. The van der Waals surface area contributed by atoms with E-state index in [4.69, 9.17) is 4.74 Å². The molecule has 2 saturated carbocycles. The van der Waals surface area contributed by atoms with E-state index in [2.05, 4.69) is 5.32 Å². The zero-order chi connectivity index (χ0) is 14.8. The minimum absolute atomic E-state index is 0.305. The Morgan fingerprint density at radius 3 is 2.45 bits per heavy atom. The zero-order valence-electron chi connectivity index (χ0n) is 13.0. The first-order chi connectivity index (χ1) is 9.28. The van der Waals surface area contributed by atoms with Crippen molar-refractivity contribution in [3.8, 4) is 0 Å². The molecule has 2 aliphatic rings. The van der Waals surface area contributed by atoms with Crippen LogP contribution in [0.2, 0.25) is 0 Å². The molecule has 2 aliphatic carbocycles. The highest BCUT2D eigenvalue weighted by molar-refractivity contribution is 5.81. The standard InChI is InChI=1S/C16H27NO3/c1-15(2,3)20-14(19)17-11-12-4-7-16(8-5-12)9-6-13(18)10-16/h12H,4-11H2,1-3H3,(H,17,19). The van der Waals surface area contributed by atoms with Crippen LogP contribution in [0.5, 0.6) is 0 Å². The summed E-state index contributed by atoms with van der Waals surface area (Å²) in [6.07, 6.45) is 6.83. The summed E-state index contributed by atoms with van der Waals surface area (Å²) in [5.74, 6) is 0.971. The van der Waals surface area contributed by atoms with Gasteiger partial charge in [-0.2, -0.15) is 0 Å². The van der Waals surface area contributed by atoms with Gasteiger partial charge >= 0.3 is 6.09 Å². The van der Waals surface area contributed by atoms with E-state index >= 15 is 0 Å². The highest BCUT2D eigenvalue weighted by Crippen LogP contribution is 2.48. The Kier molecular flexibility index (Phi) is 4.40. The molecular weight excluding hydrogens is 254 g/mol. The molecule has 1 spiro atoms. The summed E-state index contributed by atoms with van der Waals surface area (Å²) >= 11 is 0. The van der Waals surface area contributed by atoms with E-state index in [0.29, 0.717) is 23.7 Å². The molecule has 4 heteroatoms. The van der Waals surface area contributed by atoms with Crippen molar-refractivity contribution < 1.29 is 14.3 Å². The largest absolute Gasteiger partial charge is 0.444 e. The van der Waals surface area contributed by atoms with Gasteiger partial charge in [0, 0.05) is 19.4 Å². The summed E-state index contributed by atoms with van der Waals surface area (Å²) in [4.78, 5) is 23.1. The number of ketones is 1. The maximum atomic E-state index is 11.6. The van der Waals surface area contributed by atoms with Gasteiger partial charge in [0.1, 0.15) is 11.4 Å². The van der Waals surface area contributed by atoms with Gasteiger partial charge in [0.25, 0.3) is 0 Å². The van der Waals surface area contributed by atoms with Gasteiger partial charge in [-0.15, -0.1) is 0 Å². The Hall–Kier alpha value is -1.06. The van der Waals surface area contributed by atoms with Crippen LogP contribution in [-0.4, -0.2) is 24.0 Å². The van der Waals surface area contributed by atoms with Crippen LogP contribution in [0, 0.1) is 11.3 Å². The van der Waals surface area contributed by atoms with Crippen molar-refractivity contribution in [3.63, 3.8) is 0 Å². The molecule has 0 heterocycles. The van der Waals surface area contributed by atoms with Gasteiger partial charge in [0.05, 0.1) is 0 Å². The smallest absolute Gasteiger partial charge is 0.407 e. The molecule has 0 atom stereocenters. The lowest BCUT2D eigenvalue weighted by molar-refractivity contribution is -0.118. The SMILES string of the molecule is CC(C)(C)OC(=O)NCC1CCC2(CCC(=O)C2)CC1. The van der Waals surface area contributed by atoms with Crippen molar-refractivity contribution in [1.29, 1.82) is 0 Å². The van der Waals surface area contributed by atoms with Gasteiger partial charge in [-0.05, 0) is 64.2 Å². The molecule has 1 N–H and O–H groups in total. The number of amides is 1. The molecule has 4 nitrogen and oxygen atoms in total. The molecule has 0 bridgehead atoms. The lowest BCUT2D eigenvalue weighted by Crippen LogP contribution is -2.37. The van der Waals surface area contributed by atoms with Crippen molar-refractivity contribution in [2.24, 2.45) is 11.3 Å². The molecule has 0 unspecified atom stereocenters.